The number of rotatable bonds is 6. The molecule has 0 radical (unpaired) electrons. The van der Waals surface area contributed by atoms with Crippen LogP contribution in [0.2, 0.25) is 0 Å². The van der Waals surface area contributed by atoms with Crippen molar-refractivity contribution in [3.63, 3.8) is 0 Å². The van der Waals surface area contributed by atoms with Crippen LogP contribution < -0.4 is 4.90 Å². The van der Waals surface area contributed by atoms with Crippen molar-refractivity contribution in [3.05, 3.63) is 99.5 Å². The highest BCUT2D eigenvalue weighted by Gasteiger charge is 2.23. The highest BCUT2D eigenvalue weighted by atomic mass is 32.1. The van der Waals surface area contributed by atoms with E-state index in [1.165, 1.54) is 16.2 Å². The minimum absolute atomic E-state index is 0.144. The van der Waals surface area contributed by atoms with E-state index in [-0.39, 0.29) is 18.1 Å². The number of nitrogens with zero attached hydrogens (tertiary/aromatic N) is 4. The van der Waals surface area contributed by atoms with E-state index in [4.69, 9.17) is 4.74 Å². The summed E-state index contributed by atoms with van der Waals surface area (Å²) < 4.78 is 7.22. The summed E-state index contributed by atoms with van der Waals surface area (Å²) in [5.41, 5.74) is 2.85. The molecule has 1 amide bonds. The molecule has 0 N–H and O–H groups in total. The molecule has 4 rings (SSSR count). The Morgan fingerprint density at radius 3 is 2.52 bits per heavy atom. The summed E-state index contributed by atoms with van der Waals surface area (Å²) in [5, 5.41) is 15.9. The number of aryl methyl sites for hydroxylation is 1. The molecule has 7 nitrogen and oxygen atoms in total. The molecule has 2 heterocycles. The number of hydrogen-bond acceptors (Lipinski definition) is 6. The van der Waals surface area contributed by atoms with E-state index in [0.29, 0.717) is 27.5 Å². The van der Waals surface area contributed by atoms with Crippen LogP contribution in [0.4, 0.5) is 5.69 Å². The first kappa shape index (κ1) is 22.0. The molecule has 0 atom stereocenters. The number of esters is 1. The molecule has 33 heavy (non-hydrogen) atoms. The molecule has 0 fully saturated rings. The Morgan fingerprint density at radius 2 is 1.82 bits per heavy atom. The summed E-state index contributed by atoms with van der Waals surface area (Å²) in [4.78, 5) is 27.8. The molecule has 0 saturated carbocycles. The van der Waals surface area contributed by atoms with Crippen LogP contribution in [0, 0.1) is 18.3 Å². The zero-order valence-electron chi connectivity index (χ0n) is 18.1. The van der Waals surface area contributed by atoms with E-state index in [0.717, 1.165) is 5.69 Å². The van der Waals surface area contributed by atoms with Crippen LogP contribution in [0.15, 0.2) is 72.1 Å². The van der Waals surface area contributed by atoms with Crippen molar-refractivity contribution < 1.29 is 14.3 Å². The molecule has 0 unspecified atom stereocenters. The quantitative estimate of drug-likeness (QED) is 0.391. The molecule has 0 spiro atoms. The number of para-hydroxylation sites is 2. The van der Waals surface area contributed by atoms with Gasteiger partial charge in [-0.1, -0.05) is 36.4 Å². The van der Waals surface area contributed by atoms with Crippen LogP contribution >= 0.6 is 11.3 Å². The smallest absolute Gasteiger partial charge is 0.340 e. The number of ether oxygens (including phenoxy) is 1. The number of carbonyl (C=O) groups excluding carboxylic acids is 2. The first-order valence-electron chi connectivity index (χ1n) is 10.1. The molecular formula is C25H20N4O3S. The van der Waals surface area contributed by atoms with Gasteiger partial charge in [-0.15, -0.1) is 11.3 Å². The van der Waals surface area contributed by atoms with Crippen molar-refractivity contribution in [2.24, 2.45) is 0 Å². The third-order valence-corrected chi connectivity index (χ3v) is 5.99. The fourth-order valence-corrected chi connectivity index (χ4v) is 4.16. The fraction of sp³-hybridized carbons (Fsp3) is 0.120. The van der Waals surface area contributed by atoms with E-state index in [2.05, 4.69) is 11.2 Å². The zero-order valence-corrected chi connectivity index (χ0v) is 18.9. The van der Waals surface area contributed by atoms with Gasteiger partial charge in [-0.05, 0) is 42.6 Å². The lowest BCUT2D eigenvalue weighted by atomic mass is 10.1. The summed E-state index contributed by atoms with van der Waals surface area (Å²) in [6, 6.07) is 21.8. The predicted octanol–water partition coefficient (Wildman–Crippen LogP) is 4.75. The number of anilines is 1. The van der Waals surface area contributed by atoms with Gasteiger partial charge in [0, 0.05) is 7.05 Å². The van der Waals surface area contributed by atoms with Gasteiger partial charge in [-0.2, -0.15) is 10.4 Å². The van der Waals surface area contributed by atoms with Crippen molar-refractivity contribution in [2.45, 2.75) is 13.5 Å². The first-order valence-corrected chi connectivity index (χ1v) is 11.0. The van der Waals surface area contributed by atoms with Crippen molar-refractivity contribution in [2.75, 3.05) is 11.9 Å². The van der Waals surface area contributed by atoms with Crippen LogP contribution in [-0.2, 0) is 11.3 Å². The van der Waals surface area contributed by atoms with Crippen LogP contribution in [0.5, 0.6) is 0 Å². The van der Waals surface area contributed by atoms with Gasteiger partial charge >= 0.3 is 5.97 Å². The van der Waals surface area contributed by atoms with Crippen molar-refractivity contribution in [1.82, 2.24) is 9.78 Å². The summed E-state index contributed by atoms with van der Waals surface area (Å²) in [7, 11) is 1.62. The number of hydrogen-bond donors (Lipinski definition) is 0. The Labute approximate surface area is 195 Å². The average Bonchev–Trinajstić information content (AvgIpc) is 3.50. The number of thiophene rings is 1. The molecule has 0 saturated heterocycles. The maximum Gasteiger partial charge on any atom is 0.340 e. The lowest BCUT2D eigenvalue weighted by molar-refractivity contribution is 0.0465. The highest BCUT2D eigenvalue weighted by Crippen LogP contribution is 2.25. The number of aromatic nitrogens is 2. The molecular weight excluding hydrogens is 436 g/mol. The van der Waals surface area contributed by atoms with Gasteiger partial charge in [-0.25, -0.2) is 9.48 Å². The zero-order chi connectivity index (χ0) is 23.4. The summed E-state index contributed by atoms with van der Waals surface area (Å²) >= 11 is 1.33. The van der Waals surface area contributed by atoms with Crippen molar-refractivity contribution >= 4 is 28.9 Å². The second-order valence-electron chi connectivity index (χ2n) is 7.20. The maximum atomic E-state index is 13.0. The molecule has 0 aliphatic rings. The lowest BCUT2D eigenvalue weighted by Crippen LogP contribution is -2.27. The predicted molar refractivity (Wildman–Crippen MR) is 126 cm³/mol. The average molecular weight is 457 g/mol. The Bertz CT molecular complexity index is 1340. The second kappa shape index (κ2) is 9.51. The van der Waals surface area contributed by atoms with Gasteiger partial charge in [0.2, 0.25) is 0 Å². The summed E-state index contributed by atoms with van der Waals surface area (Å²) in [5.74, 6) is -0.812. The van der Waals surface area contributed by atoms with E-state index in [1.807, 2.05) is 35.7 Å². The van der Waals surface area contributed by atoms with Gasteiger partial charge in [0.1, 0.15) is 18.2 Å². The van der Waals surface area contributed by atoms with Gasteiger partial charge in [-0.3, -0.25) is 4.79 Å². The minimum atomic E-state index is -0.598. The minimum Gasteiger partial charge on any atom is -0.455 e. The molecule has 0 aliphatic heterocycles. The van der Waals surface area contributed by atoms with Crippen LogP contribution in [0.25, 0.3) is 5.69 Å². The van der Waals surface area contributed by atoms with E-state index in [1.54, 1.807) is 55.1 Å². The molecule has 2 aromatic heterocycles. The largest absolute Gasteiger partial charge is 0.455 e. The van der Waals surface area contributed by atoms with Gasteiger partial charge in [0.15, 0.2) is 0 Å². The van der Waals surface area contributed by atoms with Crippen LogP contribution in [-0.4, -0.2) is 28.7 Å². The fourth-order valence-electron chi connectivity index (χ4n) is 3.46. The lowest BCUT2D eigenvalue weighted by Gasteiger charge is -2.19. The van der Waals surface area contributed by atoms with Crippen LogP contribution in [0.3, 0.4) is 0 Å². The molecule has 164 valence electrons. The molecule has 8 heteroatoms. The Morgan fingerprint density at radius 1 is 1.09 bits per heavy atom. The van der Waals surface area contributed by atoms with E-state index >= 15 is 0 Å². The number of benzene rings is 2. The Balaban J connectivity index is 1.60. The molecule has 4 aromatic rings. The van der Waals surface area contributed by atoms with Gasteiger partial charge in [0.25, 0.3) is 5.91 Å². The van der Waals surface area contributed by atoms with E-state index in [9.17, 15) is 14.9 Å². The Hall–Kier alpha value is -4.22. The van der Waals surface area contributed by atoms with Crippen molar-refractivity contribution in [3.8, 4) is 11.8 Å². The van der Waals surface area contributed by atoms with Gasteiger partial charge < -0.3 is 9.64 Å². The normalized spacial score (nSPS) is 10.5. The number of nitriles is 1. The number of amides is 1. The summed E-state index contributed by atoms with van der Waals surface area (Å²) in [6.45, 7) is 1.60. The molecule has 0 bridgehead atoms. The number of carbonyl (C=O) groups is 2. The topological polar surface area (TPSA) is 88.2 Å². The second-order valence-corrected chi connectivity index (χ2v) is 8.15. The maximum absolute atomic E-state index is 13.0. The molecule has 2 aromatic carbocycles. The standard InChI is InChI=1S/C25H20N4O3S/c1-17-20(15-26)22(29(27-17)18-9-4-3-5-10-18)16-32-25(31)19-11-6-7-12-21(19)28(2)24(30)23-13-8-14-33-23/h3-14H,16H2,1-2H3. The van der Waals surface area contributed by atoms with Crippen molar-refractivity contribution in [1.29, 1.82) is 5.26 Å². The third kappa shape index (κ3) is 4.40. The first-order chi connectivity index (χ1) is 16.0. The Kier molecular flexibility index (Phi) is 6.33. The van der Waals surface area contributed by atoms with Crippen LogP contribution in [0.1, 0.15) is 37.0 Å². The monoisotopic (exact) mass is 456 g/mol. The SMILES string of the molecule is Cc1nn(-c2ccccc2)c(COC(=O)c2ccccc2N(C)C(=O)c2cccs2)c1C#N. The highest BCUT2D eigenvalue weighted by molar-refractivity contribution is 7.12. The van der Waals surface area contributed by atoms with Gasteiger partial charge in [0.05, 0.1) is 33.2 Å². The molecule has 0 aliphatic carbocycles. The van der Waals surface area contributed by atoms with E-state index < -0.39 is 5.97 Å². The summed E-state index contributed by atoms with van der Waals surface area (Å²) in [6.07, 6.45) is 0. The third-order valence-electron chi connectivity index (χ3n) is 5.13.